The van der Waals surface area contributed by atoms with Crippen LogP contribution in [0.25, 0.3) is 5.76 Å². The first kappa shape index (κ1) is 21.8. The van der Waals surface area contributed by atoms with Gasteiger partial charge in [0, 0.05) is 12.1 Å². The number of rotatable bonds is 8. The summed E-state index contributed by atoms with van der Waals surface area (Å²) in [5.74, 6) is -1.28. The maximum atomic E-state index is 13.0. The van der Waals surface area contributed by atoms with Gasteiger partial charge < -0.3 is 14.9 Å². The van der Waals surface area contributed by atoms with Crippen molar-refractivity contribution >= 4 is 17.4 Å². The minimum Gasteiger partial charge on any atom is -0.507 e. The number of ketones is 1. The third-order valence-electron chi connectivity index (χ3n) is 5.75. The Bertz CT molecular complexity index is 915. The van der Waals surface area contributed by atoms with Crippen molar-refractivity contribution in [1.82, 2.24) is 9.80 Å². The molecule has 0 aliphatic carbocycles. The molecule has 3 rings (SSSR count). The van der Waals surface area contributed by atoms with Crippen LogP contribution in [-0.4, -0.2) is 52.8 Å². The number of aliphatic hydroxyl groups is 1. The number of likely N-dealkylation sites (tertiary alicyclic amines) is 1. The molecule has 5 nitrogen and oxygen atoms in total. The number of carbonyl (C=O) groups excluding carboxylic acids is 2. The van der Waals surface area contributed by atoms with E-state index in [2.05, 4.69) is 18.7 Å². The largest absolute Gasteiger partial charge is 0.507 e. The fraction of sp³-hybridized carbons (Fsp3) is 0.360. The molecule has 0 saturated carbocycles. The lowest BCUT2D eigenvalue weighted by Gasteiger charge is -2.27. The summed E-state index contributed by atoms with van der Waals surface area (Å²) in [4.78, 5) is 29.8. The van der Waals surface area contributed by atoms with E-state index >= 15 is 0 Å². The van der Waals surface area contributed by atoms with Crippen LogP contribution >= 0.6 is 0 Å². The summed E-state index contributed by atoms with van der Waals surface area (Å²) in [6.45, 7) is 9.44. The van der Waals surface area contributed by atoms with E-state index in [9.17, 15) is 14.7 Å². The van der Waals surface area contributed by atoms with Gasteiger partial charge >= 0.3 is 0 Å². The van der Waals surface area contributed by atoms with Crippen LogP contribution in [0, 0.1) is 6.92 Å². The molecule has 1 heterocycles. The Hall–Kier alpha value is -2.92. The topological polar surface area (TPSA) is 60.9 Å². The fourth-order valence-electron chi connectivity index (χ4n) is 3.96. The van der Waals surface area contributed by atoms with Crippen molar-refractivity contribution in [1.29, 1.82) is 0 Å². The van der Waals surface area contributed by atoms with Crippen molar-refractivity contribution in [2.75, 3.05) is 26.2 Å². The number of Topliss-reactive ketones (excluding diaryl/α,β-unsaturated/α-hetero) is 1. The van der Waals surface area contributed by atoms with E-state index in [0.29, 0.717) is 12.1 Å². The number of hydrogen-bond donors (Lipinski definition) is 1. The number of aliphatic hydroxyl groups excluding tert-OH is 1. The van der Waals surface area contributed by atoms with Gasteiger partial charge in [-0.15, -0.1) is 0 Å². The zero-order valence-electron chi connectivity index (χ0n) is 18.0. The molecule has 30 heavy (non-hydrogen) atoms. The molecule has 0 radical (unpaired) electrons. The van der Waals surface area contributed by atoms with Crippen LogP contribution in [0.3, 0.4) is 0 Å². The van der Waals surface area contributed by atoms with Gasteiger partial charge in [-0.05, 0) is 38.5 Å². The smallest absolute Gasteiger partial charge is 0.295 e. The van der Waals surface area contributed by atoms with E-state index in [1.54, 1.807) is 29.2 Å². The Morgan fingerprint density at radius 2 is 1.63 bits per heavy atom. The number of nitrogens with zero attached hydrogens (tertiary/aromatic N) is 2. The van der Waals surface area contributed by atoms with Gasteiger partial charge in [0.05, 0.1) is 11.6 Å². The first-order valence-corrected chi connectivity index (χ1v) is 10.6. The summed E-state index contributed by atoms with van der Waals surface area (Å²) in [6, 6.07) is 16.2. The SMILES string of the molecule is CCN(CC)CCCN1C(=O)C(=O)C(=C(O)c2ccccc2)[C@H]1c1ccc(C)cc1. The van der Waals surface area contributed by atoms with Gasteiger partial charge in [-0.1, -0.05) is 74.0 Å². The van der Waals surface area contributed by atoms with Crippen molar-refractivity contribution in [3.8, 4) is 0 Å². The molecule has 1 aliphatic rings. The van der Waals surface area contributed by atoms with Crippen LogP contribution in [0.5, 0.6) is 0 Å². The molecule has 1 N–H and O–H groups in total. The normalized spacial score (nSPS) is 18.4. The maximum absolute atomic E-state index is 13.0. The molecule has 2 aromatic carbocycles. The highest BCUT2D eigenvalue weighted by Crippen LogP contribution is 2.39. The summed E-state index contributed by atoms with van der Waals surface area (Å²) in [5, 5.41) is 11.0. The molecule has 1 amide bonds. The van der Waals surface area contributed by atoms with Crippen LogP contribution in [0.4, 0.5) is 0 Å². The highest BCUT2D eigenvalue weighted by molar-refractivity contribution is 6.46. The van der Waals surface area contributed by atoms with E-state index in [1.807, 2.05) is 37.3 Å². The summed E-state index contributed by atoms with van der Waals surface area (Å²) in [7, 11) is 0. The molecule has 1 aliphatic heterocycles. The van der Waals surface area contributed by atoms with Gasteiger partial charge in [0.1, 0.15) is 5.76 Å². The number of aryl methyl sites for hydroxylation is 1. The Labute approximate surface area is 178 Å². The molecule has 5 heteroatoms. The standard InChI is InChI=1S/C25H30N2O3/c1-4-26(5-2)16-9-17-27-22(19-14-12-18(3)13-15-19)21(24(29)25(27)30)23(28)20-10-7-6-8-11-20/h6-8,10-15,22,28H,4-5,9,16-17H2,1-3H3/t22-/m1/s1. The van der Waals surface area contributed by atoms with Crippen LogP contribution in [0.15, 0.2) is 60.2 Å². The first-order chi connectivity index (χ1) is 14.5. The van der Waals surface area contributed by atoms with Crippen molar-refractivity contribution in [3.63, 3.8) is 0 Å². The van der Waals surface area contributed by atoms with E-state index in [-0.39, 0.29) is 11.3 Å². The number of benzene rings is 2. The summed E-state index contributed by atoms with van der Waals surface area (Å²) in [5.41, 5.74) is 2.63. The predicted molar refractivity (Wildman–Crippen MR) is 119 cm³/mol. The highest BCUT2D eigenvalue weighted by Gasteiger charge is 2.45. The highest BCUT2D eigenvalue weighted by atomic mass is 16.3. The average molecular weight is 407 g/mol. The molecule has 0 spiro atoms. The van der Waals surface area contributed by atoms with E-state index in [4.69, 9.17) is 0 Å². The molecule has 0 bridgehead atoms. The van der Waals surface area contributed by atoms with Crippen LogP contribution in [0.2, 0.25) is 0 Å². The van der Waals surface area contributed by atoms with Crippen LogP contribution in [0.1, 0.15) is 43.0 Å². The number of carbonyl (C=O) groups is 2. The molecule has 1 atom stereocenters. The van der Waals surface area contributed by atoms with Gasteiger partial charge in [-0.25, -0.2) is 0 Å². The average Bonchev–Trinajstić information content (AvgIpc) is 3.02. The molecule has 2 aromatic rings. The van der Waals surface area contributed by atoms with Crippen molar-refractivity contribution in [3.05, 3.63) is 76.9 Å². The van der Waals surface area contributed by atoms with Gasteiger partial charge in [-0.3, -0.25) is 9.59 Å². The van der Waals surface area contributed by atoms with Crippen LogP contribution in [-0.2, 0) is 9.59 Å². The van der Waals surface area contributed by atoms with Gasteiger partial charge in [0.15, 0.2) is 0 Å². The molecule has 0 aromatic heterocycles. The Balaban J connectivity index is 2.00. The molecular formula is C25H30N2O3. The minimum absolute atomic E-state index is 0.120. The summed E-state index contributed by atoms with van der Waals surface area (Å²) >= 11 is 0. The molecule has 0 unspecified atom stereocenters. The van der Waals surface area contributed by atoms with E-state index in [0.717, 1.165) is 37.2 Å². The zero-order valence-corrected chi connectivity index (χ0v) is 18.0. The molecule has 158 valence electrons. The van der Waals surface area contributed by atoms with Crippen molar-refractivity contribution < 1.29 is 14.7 Å². The Morgan fingerprint density at radius 1 is 1.00 bits per heavy atom. The van der Waals surface area contributed by atoms with E-state index in [1.165, 1.54) is 0 Å². The lowest BCUT2D eigenvalue weighted by molar-refractivity contribution is -0.140. The molecule has 1 saturated heterocycles. The van der Waals surface area contributed by atoms with Crippen molar-refractivity contribution in [2.45, 2.75) is 33.2 Å². The number of amides is 1. The van der Waals surface area contributed by atoms with Gasteiger partial charge in [0.25, 0.3) is 11.7 Å². The van der Waals surface area contributed by atoms with Gasteiger partial charge in [0.2, 0.25) is 0 Å². The number of hydrogen-bond acceptors (Lipinski definition) is 4. The second-order valence-electron chi connectivity index (χ2n) is 7.65. The Morgan fingerprint density at radius 3 is 2.23 bits per heavy atom. The first-order valence-electron chi connectivity index (χ1n) is 10.6. The summed E-state index contributed by atoms with van der Waals surface area (Å²) < 4.78 is 0. The third kappa shape index (κ3) is 4.46. The third-order valence-corrected chi connectivity index (χ3v) is 5.75. The monoisotopic (exact) mass is 406 g/mol. The fourth-order valence-corrected chi connectivity index (χ4v) is 3.96. The maximum Gasteiger partial charge on any atom is 0.295 e. The second-order valence-corrected chi connectivity index (χ2v) is 7.65. The quantitative estimate of drug-likeness (QED) is 0.406. The lowest BCUT2D eigenvalue weighted by Crippen LogP contribution is -2.33. The molecule has 1 fully saturated rings. The lowest BCUT2D eigenvalue weighted by atomic mass is 9.94. The van der Waals surface area contributed by atoms with Crippen molar-refractivity contribution in [2.24, 2.45) is 0 Å². The second kappa shape index (κ2) is 9.72. The van der Waals surface area contributed by atoms with E-state index < -0.39 is 17.7 Å². The predicted octanol–water partition coefficient (Wildman–Crippen LogP) is 4.15. The summed E-state index contributed by atoms with van der Waals surface area (Å²) in [6.07, 6.45) is 0.766. The van der Waals surface area contributed by atoms with Gasteiger partial charge in [-0.2, -0.15) is 0 Å². The molecular weight excluding hydrogens is 376 g/mol. The minimum atomic E-state index is -0.621. The Kier molecular flexibility index (Phi) is 7.06. The van der Waals surface area contributed by atoms with Crippen LogP contribution < -0.4 is 0 Å². The zero-order chi connectivity index (χ0) is 21.7.